The largest absolute Gasteiger partial charge is 0.334 e. The van der Waals surface area contributed by atoms with Crippen LogP contribution in [0.5, 0.6) is 0 Å². The second-order valence-corrected chi connectivity index (χ2v) is 8.82. The van der Waals surface area contributed by atoms with Crippen molar-refractivity contribution in [1.82, 2.24) is 14.5 Å². The van der Waals surface area contributed by atoms with Crippen molar-refractivity contribution >= 4 is 15.8 Å². The van der Waals surface area contributed by atoms with Crippen molar-refractivity contribution in [2.75, 3.05) is 10.8 Å². The Balaban J connectivity index is 2.48. The smallest absolute Gasteiger partial charge is 0.284 e. The van der Waals surface area contributed by atoms with E-state index in [1.165, 1.54) is 4.31 Å². The van der Waals surface area contributed by atoms with Crippen molar-refractivity contribution in [3.05, 3.63) is 36.9 Å². The molecule has 2 heterocycles. The Morgan fingerprint density at radius 1 is 1.22 bits per heavy atom. The highest BCUT2D eigenvalue weighted by Gasteiger charge is 2.31. The molecule has 126 valence electrons. The van der Waals surface area contributed by atoms with Gasteiger partial charge < -0.3 is 4.57 Å². The van der Waals surface area contributed by atoms with Crippen molar-refractivity contribution < 1.29 is 8.42 Å². The number of pyridine rings is 1. The number of hydrogen-bond donors (Lipinski definition) is 0. The SMILES string of the molecule is CC(C)n1cnc(S(=O)(=O)N(CC(C)(C)C)c2ccccn2)c1. The normalized spacial score (nSPS) is 12.6. The highest BCUT2D eigenvalue weighted by atomic mass is 32.2. The van der Waals surface area contributed by atoms with Crippen LogP contribution in [0.2, 0.25) is 0 Å². The Kier molecular flexibility index (Phi) is 4.79. The molecule has 0 aliphatic carbocycles. The Morgan fingerprint density at radius 3 is 2.39 bits per heavy atom. The van der Waals surface area contributed by atoms with E-state index in [4.69, 9.17) is 0 Å². The summed E-state index contributed by atoms with van der Waals surface area (Å²) in [5, 5.41) is 0.0427. The highest BCUT2D eigenvalue weighted by Crippen LogP contribution is 2.26. The molecule has 2 aromatic heterocycles. The third kappa shape index (κ3) is 4.10. The van der Waals surface area contributed by atoms with E-state index in [0.29, 0.717) is 12.4 Å². The summed E-state index contributed by atoms with van der Waals surface area (Å²) in [5.41, 5.74) is -0.217. The Labute approximate surface area is 138 Å². The molecule has 6 nitrogen and oxygen atoms in total. The van der Waals surface area contributed by atoms with Crippen molar-refractivity contribution in [3.8, 4) is 0 Å². The third-order valence-corrected chi connectivity index (χ3v) is 4.89. The van der Waals surface area contributed by atoms with Crippen molar-refractivity contribution in [2.45, 2.75) is 45.7 Å². The van der Waals surface area contributed by atoms with Crippen molar-refractivity contribution in [1.29, 1.82) is 0 Å². The average Bonchev–Trinajstić information content (AvgIpc) is 2.95. The van der Waals surface area contributed by atoms with Gasteiger partial charge in [-0.15, -0.1) is 0 Å². The molecule has 0 atom stereocenters. The summed E-state index contributed by atoms with van der Waals surface area (Å²) in [6, 6.07) is 5.39. The molecule has 0 spiro atoms. The second-order valence-electron chi connectivity index (χ2n) is 7.01. The fourth-order valence-electron chi connectivity index (χ4n) is 2.07. The van der Waals surface area contributed by atoms with E-state index >= 15 is 0 Å². The highest BCUT2D eigenvalue weighted by molar-refractivity contribution is 7.92. The number of aromatic nitrogens is 3. The molecule has 0 amide bonds. The van der Waals surface area contributed by atoms with Gasteiger partial charge in [-0.05, 0) is 31.4 Å². The molecule has 0 radical (unpaired) electrons. The fourth-order valence-corrected chi connectivity index (χ4v) is 3.64. The molecule has 0 aliphatic rings. The van der Waals surface area contributed by atoms with Crippen LogP contribution in [-0.2, 0) is 10.0 Å². The van der Waals surface area contributed by atoms with E-state index in [1.54, 1.807) is 41.5 Å². The maximum Gasteiger partial charge on any atom is 0.284 e. The number of anilines is 1. The lowest BCUT2D eigenvalue weighted by Crippen LogP contribution is -2.38. The molecular weight excluding hydrogens is 312 g/mol. The molecule has 0 saturated heterocycles. The Morgan fingerprint density at radius 2 is 1.91 bits per heavy atom. The summed E-state index contributed by atoms with van der Waals surface area (Å²) in [6.07, 6.45) is 4.71. The van der Waals surface area contributed by atoms with Gasteiger partial charge >= 0.3 is 0 Å². The molecule has 0 fully saturated rings. The van der Waals surface area contributed by atoms with Crippen molar-refractivity contribution in [3.63, 3.8) is 0 Å². The number of rotatable bonds is 5. The predicted molar refractivity (Wildman–Crippen MR) is 90.8 cm³/mol. The molecule has 23 heavy (non-hydrogen) atoms. The van der Waals surface area contributed by atoms with E-state index in [9.17, 15) is 8.42 Å². The summed E-state index contributed by atoms with van der Waals surface area (Å²) in [5.74, 6) is 0.404. The van der Waals surface area contributed by atoms with Crippen LogP contribution in [0.1, 0.15) is 40.7 Å². The third-order valence-electron chi connectivity index (χ3n) is 3.25. The van der Waals surface area contributed by atoms with Gasteiger partial charge in [-0.2, -0.15) is 8.42 Å². The van der Waals surface area contributed by atoms with E-state index in [2.05, 4.69) is 9.97 Å². The molecule has 2 rings (SSSR count). The number of sulfonamides is 1. The summed E-state index contributed by atoms with van der Waals surface area (Å²) in [6.45, 7) is 10.2. The van der Waals surface area contributed by atoms with Gasteiger partial charge in [0.25, 0.3) is 10.0 Å². The minimum Gasteiger partial charge on any atom is -0.334 e. The van der Waals surface area contributed by atoms with Gasteiger partial charge in [0.05, 0.1) is 6.33 Å². The van der Waals surface area contributed by atoms with Gasteiger partial charge in [0.1, 0.15) is 5.82 Å². The van der Waals surface area contributed by atoms with Crippen LogP contribution in [0, 0.1) is 5.41 Å². The number of imidazole rings is 1. The monoisotopic (exact) mass is 336 g/mol. The summed E-state index contributed by atoms with van der Waals surface area (Å²) < 4.78 is 29.2. The maximum absolute atomic E-state index is 13.1. The van der Waals surface area contributed by atoms with Gasteiger partial charge in [0, 0.05) is 25.0 Å². The predicted octanol–water partition coefficient (Wildman–Crippen LogP) is 3.10. The summed E-state index contributed by atoms with van der Waals surface area (Å²) in [4.78, 5) is 8.30. The van der Waals surface area contributed by atoms with E-state index in [-0.39, 0.29) is 16.5 Å². The zero-order valence-electron chi connectivity index (χ0n) is 14.3. The molecule has 0 bridgehead atoms. The minimum atomic E-state index is -3.76. The summed E-state index contributed by atoms with van der Waals surface area (Å²) >= 11 is 0. The second kappa shape index (κ2) is 6.31. The molecule has 7 heteroatoms. The van der Waals surface area contributed by atoms with E-state index in [1.807, 2.05) is 34.6 Å². The quantitative estimate of drug-likeness (QED) is 0.841. The first-order valence-electron chi connectivity index (χ1n) is 7.58. The molecule has 0 saturated carbocycles. The molecule has 0 aromatic carbocycles. The standard InChI is InChI=1S/C16H24N4O2S/c1-13(2)19-10-15(18-12-19)23(21,22)20(11-16(3,4)5)14-8-6-7-9-17-14/h6-10,12-13H,11H2,1-5H3. The first kappa shape index (κ1) is 17.5. The van der Waals surface area contributed by atoms with E-state index < -0.39 is 10.0 Å². The van der Waals surface area contributed by atoms with Crippen LogP contribution < -0.4 is 4.31 Å². The number of hydrogen-bond acceptors (Lipinski definition) is 4. The van der Waals surface area contributed by atoms with Crippen LogP contribution in [-0.4, -0.2) is 29.5 Å². The van der Waals surface area contributed by atoms with Gasteiger partial charge in [-0.25, -0.2) is 14.3 Å². The molecule has 0 aliphatic heterocycles. The Bertz CT molecular complexity index is 746. The van der Waals surface area contributed by atoms with Gasteiger partial charge in [-0.3, -0.25) is 0 Å². The van der Waals surface area contributed by atoms with Crippen LogP contribution in [0.3, 0.4) is 0 Å². The van der Waals surface area contributed by atoms with Gasteiger partial charge in [-0.1, -0.05) is 26.8 Å². The number of nitrogens with zero attached hydrogens (tertiary/aromatic N) is 4. The first-order chi connectivity index (χ1) is 10.6. The zero-order chi connectivity index (χ0) is 17.3. The van der Waals surface area contributed by atoms with Crippen LogP contribution in [0.25, 0.3) is 0 Å². The van der Waals surface area contributed by atoms with E-state index in [0.717, 1.165) is 0 Å². The molecule has 2 aromatic rings. The zero-order valence-corrected chi connectivity index (χ0v) is 15.1. The van der Waals surface area contributed by atoms with Gasteiger partial charge in [0.2, 0.25) is 0 Å². The van der Waals surface area contributed by atoms with Crippen LogP contribution >= 0.6 is 0 Å². The average molecular weight is 336 g/mol. The lowest BCUT2D eigenvalue weighted by atomic mass is 9.97. The molecule has 0 unspecified atom stereocenters. The lowest BCUT2D eigenvalue weighted by Gasteiger charge is -2.29. The minimum absolute atomic E-state index is 0.0427. The summed E-state index contributed by atoms with van der Waals surface area (Å²) in [7, 11) is -3.76. The van der Waals surface area contributed by atoms with Crippen LogP contribution in [0.15, 0.2) is 41.9 Å². The topological polar surface area (TPSA) is 68.1 Å². The van der Waals surface area contributed by atoms with Crippen LogP contribution in [0.4, 0.5) is 5.82 Å². The molecule has 0 N–H and O–H groups in total. The molecular formula is C16H24N4O2S. The first-order valence-corrected chi connectivity index (χ1v) is 9.02. The maximum atomic E-state index is 13.1. The fraction of sp³-hybridized carbons (Fsp3) is 0.500. The Hall–Kier alpha value is -1.89. The van der Waals surface area contributed by atoms with Gasteiger partial charge in [0.15, 0.2) is 5.03 Å². The van der Waals surface area contributed by atoms with Crippen molar-refractivity contribution in [2.24, 2.45) is 5.41 Å². The lowest BCUT2D eigenvalue weighted by molar-refractivity contribution is 0.425.